The minimum absolute atomic E-state index is 0.0359. The van der Waals surface area contributed by atoms with E-state index in [9.17, 15) is 0 Å². The van der Waals surface area contributed by atoms with Crippen LogP contribution in [0.1, 0.15) is 24.1 Å². The van der Waals surface area contributed by atoms with Crippen molar-refractivity contribution in [2.75, 3.05) is 6.26 Å². The molecular weight excluding hydrogens is 236 g/mol. The van der Waals surface area contributed by atoms with Crippen LogP contribution < -0.4 is 11.5 Å². The van der Waals surface area contributed by atoms with E-state index in [4.69, 9.17) is 11.5 Å². The van der Waals surface area contributed by atoms with Crippen molar-refractivity contribution in [2.45, 2.75) is 24.4 Å². The highest BCUT2D eigenvalue weighted by molar-refractivity contribution is 7.98. The maximum absolute atomic E-state index is 5.26. The molecule has 1 aromatic rings. The summed E-state index contributed by atoms with van der Waals surface area (Å²) < 4.78 is 0. The van der Waals surface area contributed by atoms with E-state index in [1.165, 1.54) is 11.8 Å². The molecule has 4 N–H and O–H groups in total. The number of hydrogen-bond acceptors (Lipinski definition) is 5. The lowest BCUT2D eigenvalue weighted by Gasteiger charge is -2.15. The molecule has 0 saturated carbocycles. The van der Waals surface area contributed by atoms with E-state index >= 15 is 0 Å². The van der Waals surface area contributed by atoms with Crippen LogP contribution in [-0.2, 0) is 6.42 Å². The lowest BCUT2D eigenvalue weighted by atomic mass is 9.95. The van der Waals surface area contributed by atoms with Gasteiger partial charge in [-0.2, -0.15) is 5.10 Å². The smallest absolute Gasteiger partial charge is 0.211 e. The summed E-state index contributed by atoms with van der Waals surface area (Å²) in [4.78, 5) is 8.72. The second-order valence-electron chi connectivity index (χ2n) is 3.64. The van der Waals surface area contributed by atoms with Crippen molar-refractivity contribution >= 4 is 23.4 Å². The lowest BCUT2D eigenvalue weighted by molar-refractivity contribution is 0.770. The number of nitrogens with two attached hydrogens (primary N) is 2. The van der Waals surface area contributed by atoms with Gasteiger partial charge in [0.25, 0.3) is 0 Å². The molecule has 1 aliphatic rings. The van der Waals surface area contributed by atoms with E-state index in [0.29, 0.717) is 0 Å². The van der Waals surface area contributed by atoms with Crippen LogP contribution in [0.25, 0.3) is 0 Å². The summed E-state index contributed by atoms with van der Waals surface area (Å²) in [6.07, 6.45) is 6.57. The summed E-state index contributed by atoms with van der Waals surface area (Å²) in [5.41, 5.74) is 13.4. The molecule has 0 aromatic carbocycles. The van der Waals surface area contributed by atoms with E-state index in [2.05, 4.69) is 20.2 Å². The zero-order valence-corrected chi connectivity index (χ0v) is 10.4. The Morgan fingerprint density at radius 2 is 2.24 bits per heavy atom. The normalized spacial score (nSPS) is 16.6. The average molecular weight is 250 g/mol. The fourth-order valence-corrected chi connectivity index (χ4v) is 2.07. The molecular formula is C10H14N6S. The van der Waals surface area contributed by atoms with Crippen LogP contribution in [0.3, 0.4) is 0 Å². The van der Waals surface area contributed by atoms with Gasteiger partial charge in [-0.15, -0.1) is 5.10 Å². The molecule has 0 unspecified atom stereocenters. The minimum atomic E-state index is -0.0359. The van der Waals surface area contributed by atoms with Crippen molar-refractivity contribution in [3.8, 4) is 0 Å². The first-order valence-electron chi connectivity index (χ1n) is 5.26. The largest absolute Gasteiger partial charge is 0.369 e. The van der Waals surface area contributed by atoms with Crippen molar-refractivity contribution in [1.29, 1.82) is 0 Å². The first-order valence-corrected chi connectivity index (χ1v) is 6.49. The van der Waals surface area contributed by atoms with Crippen LogP contribution in [0.5, 0.6) is 0 Å². The molecule has 2 rings (SSSR count). The van der Waals surface area contributed by atoms with Crippen molar-refractivity contribution < 1.29 is 0 Å². The number of hydrogen-bond donors (Lipinski definition) is 2. The number of guanidine groups is 1. The van der Waals surface area contributed by atoms with Crippen LogP contribution in [-0.4, -0.2) is 27.9 Å². The Balaban J connectivity index is 2.38. The van der Waals surface area contributed by atoms with Crippen molar-refractivity contribution in [3.63, 3.8) is 0 Å². The Kier molecular flexibility index (Phi) is 3.58. The molecule has 1 heterocycles. The molecule has 0 saturated heterocycles. The molecule has 0 radical (unpaired) electrons. The molecule has 0 amide bonds. The van der Waals surface area contributed by atoms with Gasteiger partial charge in [0.05, 0.1) is 11.4 Å². The third-order valence-electron chi connectivity index (χ3n) is 2.45. The van der Waals surface area contributed by atoms with E-state index in [-0.39, 0.29) is 5.96 Å². The molecule has 0 fully saturated rings. The highest BCUT2D eigenvalue weighted by Crippen LogP contribution is 2.21. The molecule has 6 nitrogen and oxygen atoms in total. The maximum Gasteiger partial charge on any atom is 0.211 e. The Morgan fingerprint density at radius 3 is 2.94 bits per heavy atom. The van der Waals surface area contributed by atoms with E-state index in [1.807, 2.05) is 6.26 Å². The Labute approximate surface area is 104 Å². The van der Waals surface area contributed by atoms with Gasteiger partial charge < -0.3 is 11.5 Å². The van der Waals surface area contributed by atoms with Crippen LogP contribution in [0.4, 0.5) is 0 Å². The fourth-order valence-electron chi connectivity index (χ4n) is 1.71. The summed E-state index contributed by atoms with van der Waals surface area (Å²) in [7, 11) is 0. The van der Waals surface area contributed by atoms with Crippen molar-refractivity contribution in [3.05, 3.63) is 17.5 Å². The van der Waals surface area contributed by atoms with Gasteiger partial charge in [0.15, 0.2) is 5.16 Å². The number of fused-ring (bicyclic) bond motifs is 1. The van der Waals surface area contributed by atoms with Crippen LogP contribution in [0, 0.1) is 0 Å². The van der Waals surface area contributed by atoms with Crippen LogP contribution in [0.2, 0.25) is 0 Å². The predicted molar refractivity (Wildman–Crippen MR) is 69.1 cm³/mol. The second kappa shape index (κ2) is 5.13. The SMILES string of the molecule is CSc1ncc2c(n1)CCC/C2=N\N=C(N)N. The van der Waals surface area contributed by atoms with E-state index < -0.39 is 0 Å². The summed E-state index contributed by atoms with van der Waals surface area (Å²) in [6, 6.07) is 0. The highest BCUT2D eigenvalue weighted by atomic mass is 32.2. The fraction of sp³-hybridized carbons (Fsp3) is 0.400. The van der Waals surface area contributed by atoms with Gasteiger partial charge in [0, 0.05) is 11.8 Å². The lowest BCUT2D eigenvalue weighted by Crippen LogP contribution is -2.22. The van der Waals surface area contributed by atoms with E-state index in [1.54, 1.807) is 6.20 Å². The molecule has 0 aliphatic heterocycles. The maximum atomic E-state index is 5.26. The van der Waals surface area contributed by atoms with Gasteiger partial charge in [-0.05, 0) is 25.5 Å². The standard InChI is InChI=1S/C10H14N6S/c1-17-10-13-5-6-7(14-10)3-2-4-8(6)15-16-9(11)12/h5H,2-4H2,1H3,(H4,11,12,16)/b15-8+. The minimum Gasteiger partial charge on any atom is -0.369 e. The van der Waals surface area contributed by atoms with Gasteiger partial charge in [0.1, 0.15) is 0 Å². The number of aromatic nitrogens is 2. The molecule has 0 bridgehead atoms. The highest BCUT2D eigenvalue weighted by Gasteiger charge is 2.18. The number of aryl methyl sites for hydroxylation is 1. The van der Waals surface area contributed by atoms with Crippen molar-refractivity contribution in [2.24, 2.45) is 21.7 Å². The van der Waals surface area contributed by atoms with Crippen LogP contribution >= 0.6 is 11.8 Å². The first kappa shape index (κ1) is 11.8. The average Bonchev–Trinajstić information content (AvgIpc) is 2.35. The van der Waals surface area contributed by atoms with Gasteiger partial charge in [0.2, 0.25) is 5.96 Å². The summed E-state index contributed by atoms with van der Waals surface area (Å²) in [5, 5.41) is 8.52. The molecule has 1 aromatic heterocycles. The molecule has 0 atom stereocenters. The molecule has 0 spiro atoms. The van der Waals surface area contributed by atoms with Gasteiger partial charge in [-0.1, -0.05) is 11.8 Å². The number of thioether (sulfide) groups is 1. The summed E-state index contributed by atoms with van der Waals surface area (Å²) >= 11 is 1.53. The molecule has 90 valence electrons. The third-order valence-corrected chi connectivity index (χ3v) is 3.01. The topological polar surface area (TPSA) is 103 Å². The summed E-state index contributed by atoms with van der Waals surface area (Å²) in [5.74, 6) is -0.0359. The number of nitrogens with zero attached hydrogens (tertiary/aromatic N) is 4. The predicted octanol–water partition coefficient (Wildman–Crippen LogP) is 0.512. The van der Waals surface area contributed by atoms with Gasteiger partial charge in [-0.25, -0.2) is 9.97 Å². The second-order valence-corrected chi connectivity index (χ2v) is 4.42. The van der Waals surface area contributed by atoms with Crippen molar-refractivity contribution in [1.82, 2.24) is 9.97 Å². The van der Waals surface area contributed by atoms with Gasteiger partial charge >= 0.3 is 0 Å². The molecule has 17 heavy (non-hydrogen) atoms. The van der Waals surface area contributed by atoms with Crippen LogP contribution in [0.15, 0.2) is 21.6 Å². The van der Waals surface area contributed by atoms with Gasteiger partial charge in [-0.3, -0.25) is 0 Å². The Bertz CT molecular complexity index is 478. The summed E-state index contributed by atoms with van der Waals surface area (Å²) in [6.45, 7) is 0. The Morgan fingerprint density at radius 1 is 1.41 bits per heavy atom. The number of rotatable bonds is 2. The molecule has 7 heteroatoms. The zero-order chi connectivity index (χ0) is 12.3. The molecule has 1 aliphatic carbocycles. The monoisotopic (exact) mass is 250 g/mol. The zero-order valence-electron chi connectivity index (χ0n) is 9.55. The Hall–Kier alpha value is -1.63. The first-order chi connectivity index (χ1) is 8.20. The third kappa shape index (κ3) is 2.73. The quantitative estimate of drug-likeness (QED) is 0.262. The van der Waals surface area contributed by atoms with E-state index in [0.717, 1.165) is 41.4 Å².